The van der Waals surface area contributed by atoms with Gasteiger partial charge in [-0.05, 0) is 35.4 Å². The fourth-order valence-corrected chi connectivity index (χ4v) is 2.92. The molecule has 4 nitrogen and oxygen atoms in total. The zero-order valence-electron chi connectivity index (χ0n) is 16.2. The molecule has 11 heteroatoms. The first-order chi connectivity index (χ1) is 14.3. The zero-order valence-corrected chi connectivity index (χ0v) is 16.9. The molecule has 0 fully saturated rings. The number of halogens is 7. The van der Waals surface area contributed by atoms with Gasteiger partial charge in [0.05, 0.1) is 12.1 Å². The number of aliphatic hydroxyl groups is 1. The average Bonchev–Trinajstić information content (AvgIpc) is 2.69. The minimum Gasteiger partial charge on any atom is -0.381 e. The van der Waals surface area contributed by atoms with Crippen LogP contribution in [0.4, 0.5) is 32.0 Å². The number of anilines is 1. The molecule has 0 bridgehead atoms. The molecule has 1 atom stereocenters. The van der Waals surface area contributed by atoms with E-state index in [1.54, 1.807) is 6.92 Å². The van der Waals surface area contributed by atoms with Gasteiger partial charge in [0.25, 0.3) is 0 Å². The van der Waals surface area contributed by atoms with Crippen molar-refractivity contribution in [3.8, 4) is 0 Å². The lowest BCUT2D eigenvalue weighted by Crippen LogP contribution is -2.48. The van der Waals surface area contributed by atoms with E-state index in [0.717, 1.165) is 12.1 Å². The Hall–Kier alpha value is -2.46. The molecule has 0 spiro atoms. The molecular formula is C20H19ClF6N2O2. The van der Waals surface area contributed by atoms with E-state index in [1.807, 2.05) is 0 Å². The van der Waals surface area contributed by atoms with Crippen molar-refractivity contribution in [1.29, 1.82) is 0 Å². The Labute approximate surface area is 179 Å². The molecular weight excluding hydrogens is 450 g/mol. The Bertz CT molecular complexity index is 933. The molecule has 2 rings (SSSR count). The second-order valence-corrected chi connectivity index (χ2v) is 7.13. The van der Waals surface area contributed by atoms with Crippen molar-refractivity contribution >= 4 is 23.2 Å². The van der Waals surface area contributed by atoms with Crippen LogP contribution >= 0.6 is 11.6 Å². The van der Waals surface area contributed by atoms with E-state index in [0.29, 0.717) is 11.6 Å². The molecule has 0 aliphatic rings. The lowest BCUT2D eigenvalue weighted by molar-refractivity contribution is -0.260. The third-order valence-corrected chi connectivity index (χ3v) is 4.89. The van der Waals surface area contributed by atoms with Gasteiger partial charge in [0.2, 0.25) is 11.5 Å². The number of amides is 1. The summed E-state index contributed by atoms with van der Waals surface area (Å²) < 4.78 is 79.6. The Morgan fingerprint density at radius 3 is 2.23 bits per heavy atom. The van der Waals surface area contributed by atoms with E-state index in [9.17, 15) is 36.2 Å². The van der Waals surface area contributed by atoms with Gasteiger partial charge in [-0.2, -0.15) is 26.3 Å². The number of hydrogen-bond acceptors (Lipinski definition) is 3. The highest BCUT2D eigenvalue weighted by Crippen LogP contribution is 2.41. The van der Waals surface area contributed by atoms with E-state index in [1.165, 1.54) is 18.2 Å². The molecule has 0 heterocycles. The monoisotopic (exact) mass is 468 g/mol. The normalized spacial score (nSPS) is 14.1. The van der Waals surface area contributed by atoms with Crippen molar-refractivity contribution in [2.75, 3.05) is 11.9 Å². The number of hydrogen-bond donors (Lipinski definition) is 3. The molecule has 1 amide bonds. The maximum absolute atomic E-state index is 13.6. The van der Waals surface area contributed by atoms with Gasteiger partial charge in [-0.3, -0.25) is 4.79 Å². The second kappa shape index (κ2) is 9.35. The Balaban J connectivity index is 2.25. The molecule has 0 radical (unpaired) electrons. The highest BCUT2D eigenvalue weighted by Gasteiger charge is 2.55. The van der Waals surface area contributed by atoms with Crippen LogP contribution in [0.3, 0.4) is 0 Å². The third-order valence-electron chi connectivity index (χ3n) is 4.53. The van der Waals surface area contributed by atoms with Gasteiger partial charge in [-0.25, -0.2) is 0 Å². The van der Waals surface area contributed by atoms with Crippen LogP contribution in [0.5, 0.6) is 0 Å². The van der Waals surface area contributed by atoms with E-state index in [-0.39, 0.29) is 35.6 Å². The summed E-state index contributed by atoms with van der Waals surface area (Å²) in [4.78, 5) is 11.3. The van der Waals surface area contributed by atoms with Gasteiger partial charge in [0, 0.05) is 23.7 Å². The number of alkyl halides is 6. The minimum absolute atomic E-state index is 0.102. The molecule has 0 aliphatic carbocycles. The maximum Gasteiger partial charge on any atom is 0.423 e. The summed E-state index contributed by atoms with van der Waals surface area (Å²) in [5.41, 5.74) is -5.24. The van der Waals surface area contributed by atoms with Crippen LogP contribution in [0, 0.1) is 0 Å². The van der Waals surface area contributed by atoms with Crippen LogP contribution in [-0.2, 0) is 23.1 Å². The second-order valence-electron chi connectivity index (χ2n) is 6.73. The maximum atomic E-state index is 13.6. The van der Waals surface area contributed by atoms with E-state index < -0.39 is 35.6 Å². The van der Waals surface area contributed by atoms with E-state index in [2.05, 4.69) is 10.6 Å². The first-order valence-corrected chi connectivity index (χ1v) is 9.41. The summed E-state index contributed by atoms with van der Waals surface area (Å²) in [7, 11) is 0. The summed E-state index contributed by atoms with van der Waals surface area (Å²) >= 11 is 6.08. The summed E-state index contributed by atoms with van der Waals surface area (Å²) in [6, 6.07) is 6.59. The SMILES string of the molecule is CCC(=O)NCc1ccc(NC[C@@](O)(c2cccc(C(F)(F)F)c2)C(F)(F)F)cc1Cl. The Morgan fingerprint density at radius 2 is 1.68 bits per heavy atom. The highest BCUT2D eigenvalue weighted by atomic mass is 35.5. The third kappa shape index (κ3) is 6.04. The Kier molecular flexibility index (Phi) is 7.48. The number of carbonyl (C=O) groups excluding carboxylic acids is 1. The van der Waals surface area contributed by atoms with Gasteiger partial charge in [0.1, 0.15) is 0 Å². The number of nitrogens with one attached hydrogen (secondary N) is 2. The quantitative estimate of drug-likeness (QED) is 0.487. The van der Waals surface area contributed by atoms with Crippen molar-refractivity contribution in [2.45, 2.75) is 37.8 Å². The van der Waals surface area contributed by atoms with Gasteiger partial charge in [-0.1, -0.05) is 36.7 Å². The van der Waals surface area contributed by atoms with Gasteiger partial charge < -0.3 is 15.7 Å². The molecule has 3 N–H and O–H groups in total. The predicted octanol–water partition coefficient (Wildman–Crippen LogP) is 5.25. The molecule has 31 heavy (non-hydrogen) atoms. The van der Waals surface area contributed by atoms with Crippen LogP contribution in [0.15, 0.2) is 42.5 Å². The topological polar surface area (TPSA) is 61.4 Å². The predicted molar refractivity (Wildman–Crippen MR) is 103 cm³/mol. The number of carbonyl (C=O) groups is 1. The fraction of sp³-hybridized carbons (Fsp3) is 0.350. The van der Waals surface area contributed by atoms with Crippen molar-refractivity contribution < 1.29 is 36.2 Å². The van der Waals surface area contributed by atoms with Crippen molar-refractivity contribution in [1.82, 2.24) is 5.32 Å². The van der Waals surface area contributed by atoms with Crippen LogP contribution < -0.4 is 10.6 Å². The fourth-order valence-electron chi connectivity index (χ4n) is 2.67. The van der Waals surface area contributed by atoms with E-state index in [4.69, 9.17) is 11.6 Å². The molecule has 0 saturated carbocycles. The molecule has 0 saturated heterocycles. The summed E-state index contributed by atoms with van der Waals surface area (Å²) in [5, 5.41) is 15.4. The van der Waals surface area contributed by atoms with E-state index >= 15 is 0 Å². The molecule has 2 aromatic rings. The van der Waals surface area contributed by atoms with Crippen molar-refractivity contribution in [3.63, 3.8) is 0 Å². The molecule has 170 valence electrons. The van der Waals surface area contributed by atoms with Gasteiger partial charge in [-0.15, -0.1) is 0 Å². The Morgan fingerprint density at radius 1 is 1.03 bits per heavy atom. The highest BCUT2D eigenvalue weighted by molar-refractivity contribution is 6.31. The number of benzene rings is 2. The van der Waals surface area contributed by atoms with Crippen LogP contribution in [0.2, 0.25) is 5.02 Å². The molecule has 0 aromatic heterocycles. The van der Waals surface area contributed by atoms with Crippen LogP contribution in [0.25, 0.3) is 0 Å². The van der Waals surface area contributed by atoms with Crippen molar-refractivity contribution in [2.24, 2.45) is 0 Å². The summed E-state index contributed by atoms with van der Waals surface area (Å²) in [6.07, 6.45) is -9.87. The smallest absolute Gasteiger partial charge is 0.381 e. The number of rotatable bonds is 7. The first-order valence-electron chi connectivity index (χ1n) is 9.03. The molecule has 0 unspecified atom stereocenters. The summed E-state index contributed by atoms with van der Waals surface area (Å²) in [5.74, 6) is -0.213. The first kappa shape index (κ1) is 24.8. The molecule has 2 aromatic carbocycles. The lowest BCUT2D eigenvalue weighted by Gasteiger charge is -2.32. The van der Waals surface area contributed by atoms with Crippen LogP contribution in [-0.4, -0.2) is 23.7 Å². The largest absolute Gasteiger partial charge is 0.423 e. The lowest BCUT2D eigenvalue weighted by atomic mass is 9.91. The standard InChI is InChI=1S/C20H19ClF6N2O2/c1-2-17(30)28-10-12-6-7-15(9-16(12)21)29-11-18(31,20(25,26)27)13-4-3-5-14(8-13)19(22,23)24/h3-9,29,31H,2,10-11H2,1H3,(H,28,30)/t18-/m1/s1. The molecule has 0 aliphatic heterocycles. The summed E-state index contributed by atoms with van der Waals surface area (Å²) in [6.45, 7) is 0.624. The van der Waals surface area contributed by atoms with Gasteiger partial charge in [0.15, 0.2) is 0 Å². The zero-order chi connectivity index (χ0) is 23.4. The van der Waals surface area contributed by atoms with Crippen LogP contribution in [0.1, 0.15) is 30.0 Å². The average molecular weight is 469 g/mol. The van der Waals surface area contributed by atoms with Gasteiger partial charge >= 0.3 is 12.4 Å². The minimum atomic E-state index is -5.27. The van der Waals surface area contributed by atoms with Crippen molar-refractivity contribution in [3.05, 3.63) is 64.2 Å².